The Labute approximate surface area is 111 Å². The van der Waals surface area contributed by atoms with Gasteiger partial charge in [-0.2, -0.15) is 0 Å². The standard InChI is InChI=1S/C12H18BrClN2/c1-8(2)6-10(14)7-16-12-11(13)9(3)4-5-15-12/h4-5,8,10H,6-7H2,1-3H3,(H,15,16). The van der Waals surface area contributed by atoms with Crippen molar-refractivity contribution in [3.63, 3.8) is 0 Å². The van der Waals surface area contributed by atoms with E-state index in [4.69, 9.17) is 11.6 Å². The molecule has 0 saturated carbocycles. The molecule has 4 heteroatoms. The fourth-order valence-electron chi connectivity index (χ4n) is 1.47. The van der Waals surface area contributed by atoms with Gasteiger partial charge in [-0.25, -0.2) is 4.98 Å². The molecule has 1 aromatic rings. The third-order valence-electron chi connectivity index (χ3n) is 2.30. The number of anilines is 1. The van der Waals surface area contributed by atoms with E-state index in [1.165, 1.54) is 5.56 Å². The van der Waals surface area contributed by atoms with Gasteiger partial charge < -0.3 is 5.32 Å². The molecule has 0 aromatic carbocycles. The Balaban J connectivity index is 2.51. The predicted molar refractivity (Wildman–Crippen MR) is 74.3 cm³/mol. The minimum atomic E-state index is 0.147. The van der Waals surface area contributed by atoms with Crippen LogP contribution in [-0.4, -0.2) is 16.9 Å². The molecular formula is C12H18BrClN2. The summed E-state index contributed by atoms with van der Waals surface area (Å²) in [6.07, 6.45) is 2.81. The number of nitrogens with zero attached hydrogens (tertiary/aromatic N) is 1. The summed E-state index contributed by atoms with van der Waals surface area (Å²) in [5.74, 6) is 1.49. The van der Waals surface area contributed by atoms with Gasteiger partial charge in [-0.05, 0) is 46.8 Å². The van der Waals surface area contributed by atoms with Crippen molar-refractivity contribution in [3.8, 4) is 0 Å². The molecule has 0 spiro atoms. The largest absolute Gasteiger partial charge is 0.368 e. The number of aromatic nitrogens is 1. The Bertz CT molecular complexity index is 342. The Kier molecular flexibility index (Phi) is 5.56. The van der Waals surface area contributed by atoms with Gasteiger partial charge in [0, 0.05) is 12.7 Å². The number of aryl methyl sites for hydroxylation is 1. The van der Waals surface area contributed by atoms with Crippen molar-refractivity contribution >= 4 is 33.3 Å². The van der Waals surface area contributed by atoms with Gasteiger partial charge in [0.2, 0.25) is 0 Å². The van der Waals surface area contributed by atoms with Gasteiger partial charge in [0.25, 0.3) is 0 Å². The topological polar surface area (TPSA) is 24.9 Å². The maximum Gasteiger partial charge on any atom is 0.140 e. The molecule has 1 N–H and O–H groups in total. The van der Waals surface area contributed by atoms with Gasteiger partial charge in [-0.15, -0.1) is 11.6 Å². The number of alkyl halides is 1. The quantitative estimate of drug-likeness (QED) is 0.824. The van der Waals surface area contributed by atoms with E-state index in [9.17, 15) is 0 Å². The first kappa shape index (κ1) is 13.8. The van der Waals surface area contributed by atoms with Crippen molar-refractivity contribution < 1.29 is 0 Å². The first-order valence-corrected chi connectivity index (χ1v) is 6.72. The minimum Gasteiger partial charge on any atom is -0.368 e. The second-order valence-corrected chi connectivity index (χ2v) is 5.81. The van der Waals surface area contributed by atoms with Crippen LogP contribution in [0.4, 0.5) is 5.82 Å². The van der Waals surface area contributed by atoms with Gasteiger partial charge in [0.15, 0.2) is 0 Å². The first-order valence-electron chi connectivity index (χ1n) is 5.49. The molecule has 1 atom stereocenters. The van der Waals surface area contributed by atoms with E-state index in [1.807, 2.05) is 13.0 Å². The highest BCUT2D eigenvalue weighted by Gasteiger charge is 2.09. The normalized spacial score (nSPS) is 12.9. The molecule has 0 bridgehead atoms. The van der Waals surface area contributed by atoms with E-state index in [2.05, 4.69) is 40.1 Å². The van der Waals surface area contributed by atoms with Crippen molar-refractivity contribution in [2.24, 2.45) is 5.92 Å². The molecule has 1 aromatic heterocycles. The lowest BCUT2D eigenvalue weighted by Gasteiger charge is -2.14. The van der Waals surface area contributed by atoms with E-state index < -0.39 is 0 Å². The molecule has 2 nitrogen and oxygen atoms in total. The lowest BCUT2D eigenvalue weighted by molar-refractivity contribution is 0.572. The summed E-state index contributed by atoms with van der Waals surface area (Å²) in [4.78, 5) is 4.27. The van der Waals surface area contributed by atoms with Crippen LogP contribution >= 0.6 is 27.5 Å². The van der Waals surface area contributed by atoms with Gasteiger partial charge in [0.05, 0.1) is 9.85 Å². The van der Waals surface area contributed by atoms with Gasteiger partial charge in [-0.3, -0.25) is 0 Å². The third-order valence-corrected chi connectivity index (χ3v) is 3.63. The van der Waals surface area contributed by atoms with Crippen LogP contribution in [-0.2, 0) is 0 Å². The van der Waals surface area contributed by atoms with Crippen molar-refractivity contribution in [1.29, 1.82) is 0 Å². The SMILES string of the molecule is Cc1ccnc(NCC(Cl)CC(C)C)c1Br. The van der Waals surface area contributed by atoms with Crippen LogP contribution in [0.5, 0.6) is 0 Å². The summed E-state index contributed by atoms with van der Waals surface area (Å²) >= 11 is 9.73. The summed E-state index contributed by atoms with van der Waals surface area (Å²) in [5.41, 5.74) is 1.17. The molecular weight excluding hydrogens is 288 g/mol. The average Bonchev–Trinajstić information content (AvgIpc) is 2.19. The molecule has 0 amide bonds. The molecule has 0 aliphatic carbocycles. The molecule has 16 heavy (non-hydrogen) atoms. The number of hydrogen-bond acceptors (Lipinski definition) is 2. The van der Waals surface area contributed by atoms with Gasteiger partial charge in [-0.1, -0.05) is 13.8 Å². The predicted octanol–water partition coefficient (Wildman–Crippen LogP) is 4.22. The summed E-state index contributed by atoms with van der Waals surface area (Å²) in [5, 5.41) is 3.42. The number of pyridine rings is 1. The molecule has 0 radical (unpaired) electrons. The molecule has 90 valence electrons. The maximum atomic E-state index is 6.21. The molecule has 1 rings (SSSR count). The molecule has 0 fully saturated rings. The molecule has 1 heterocycles. The van der Waals surface area contributed by atoms with Gasteiger partial charge in [0.1, 0.15) is 5.82 Å². The van der Waals surface area contributed by atoms with Crippen LogP contribution in [0.2, 0.25) is 0 Å². The Morgan fingerprint density at radius 1 is 1.50 bits per heavy atom. The van der Waals surface area contributed by atoms with E-state index in [0.717, 1.165) is 23.3 Å². The highest BCUT2D eigenvalue weighted by atomic mass is 79.9. The maximum absolute atomic E-state index is 6.21. The Morgan fingerprint density at radius 3 is 2.81 bits per heavy atom. The lowest BCUT2D eigenvalue weighted by Crippen LogP contribution is -2.17. The van der Waals surface area contributed by atoms with Crippen LogP contribution in [0, 0.1) is 12.8 Å². The second-order valence-electron chi connectivity index (χ2n) is 4.40. The fraction of sp³-hybridized carbons (Fsp3) is 0.583. The van der Waals surface area contributed by atoms with Crippen molar-refractivity contribution in [3.05, 3.63) is 22.3 Å². The first-order chi connectivity index (χ1) is 7.50. The van der Waals surface area contributed by atoms with Crippen LogP contribution in [0.25, 0.3) is 0 Å². The highest BCUT2D eigenvalue weighted by Crippen LogP contribution is 2.23. The lowest BCUT2D eigenvalue weighted by atomic mass is 10.1. The number of halogens is 2. The van der Waals surface area contributed by atoms with Gasteiger partial charge >= 0.3 is 0 Å². The highest BCUT2D eigenvalue weighted by molar-refractivity contribution is 9.10. The summed E-state index contributed by atoms with van der Waals surface area (Å²) < 4.78 is 1.02. The summed E-state index contributed by atoms with van der Waals surface area (Å²) in [6, 6.07) is 1.97. The number of nitrogens with one attached hydrogen (secondary N) is 1. The number of hydrogen-bond donors (Lipinski definition) is 1. The molecule has 0 aliphatic heterocycles. The number of rotatable bonds is 5. The van der Waals surface area contributed by atoms with Crippen LogP contribution in [0.1, 0.15) is 25.8 Å². The zero-order valence-electron chi connectivity index (χ0n) is 9.93. The third kappa shape index (κ3) is 4.30. The fourth-order valence-corrected chi connectivity index (χ4v) is 2.27. The van der Waals surface area contributed by atoms with Crippen LogP contribution < -0.4 is 5.32 Å². The molecule has 1 unspecified atom stereocenters. The summed E-state index contributed by atoms with van der Waals surface area (Å²) in [7, 11) is 0. The second kappa shape index (κ2) is 6.45. The van der Waals surface area contributed by atoms with E-state index in [1.54, 1.807) is 6.20 Å². The van der Waals surface area contributed by atoms with E-state index >= 15 is 0 Å². The van der Waals surface area contributed by atoms with E-state index in [-0.39, 0.29) is 5.38 Å². The van der Waals surface area contributed by atoms with Crippen LogP contribution in [0.3, 0.4) is 0 Å². The minimum absolute atomic E-state index is 0.147. The van der Waals surface area contributed by atoms with Crippen molar-refractivity contribution in [2.45, 2.75) is 32.6 Å². The zero-order chi connectivity index (χ0) is 12.1. The zero-order valence-corrected chi connectivity index (χ0v) is 12.3. The summed E-state index contributed by atoms with van der Waals surface area (Å²) in [6.45, 7) is 7.14. The average molecular weight is 306 g/mol. The van der Waals surface area contributed by atoms with Crippen molar-refractivity contribution in [2.75, 3.05) is 11.9 Å². The molecule has 0 aliphatic rings. The monoisotopic (exact) mass is 304 g/mol. The molecule has 0 saturated heterocycles. The smallest absolute Gasteiger partial charge is 0.140 e. The van der Waals surface area contributed by atoms with Crippen molar-refractivity contribution in [1.82, 2.24) is 4.98 Å². The Hall–Kier alpha value is -0.280. The van der Waals surface area contributed by atoms with E-state index in [0.29, 0.717) is 5.92 Å². The van der Waals surface area contributed by atoms with Crippen LogP contribution in [0.15, 0.2) is 16.7 Å². The Morgan fingerprint density at radius 2 is 2.19 bits per heavy atom.